The zero-order valence-corrected chi connectivity index (χ0v) is 6.88. The minimum atomic E-state index is -0.638. The molecule has 11 heavy (non-hydrogen) atoms. The molecule has 0 aromatic heterocycles. The molecule has 0 spiro atoms. The molecule has 0 bridgehead atoms. The van der Waals surface area contributed by atoms with Crippen LogP contribution in [0.4, 0.5) is 4.79 Å². The van der Waals surface area contributed by atoms with Crippen LogP contribution < -0.4 is 0 Å². The lowest BCUT2D eigenvalue weighted by Gasteiger charge is -2.32. The van der Waals surface area contributed by atoms with Gasteiger partial charge in [0, 0.05) is 7.05 Å². The van der Waals surface area contributed by atoms with Gasteiger partial charge >= 0.3 is 6.09 Å². The van der Waals surface area contributed by atoms with Crippen LogP contribution in [0.25, 0.3) is 0 Å². The second-order valence-corrected chi connectivity index (χ2v) is 3.26. The molecular weight excluding hydrogens is 146 g/mol. The standard InChI is InChI=1S/C7H11NO3/c1-7(2)4-5(9)8(3)6(10)11-7/h4H2,1-3H3. The van der Waals surface area contributed by atoms with E-state index in [0.29, 0.717) is 0 Å². The van der Waals surface area contributed by atoms with Crippen LogP contribution in [0.3, 0.4) is 0 Å². The van der Waals surface area contributed by atoms with Gasteiger partial charge < -0.3 is 4.74 Å². The van der Waals surface area contributed by atoms with Gasteiger partial charge in [0.25, 0.3) is 0 Å². The Hall–Kier alpha value is -1.06. The maximum absolute atomic E-state index is 11.0. The monoisotopic (exact) mass is 157 g/mol. The first-order chi connectivity index (χ1) is 4.92. The Morgan fingerprint density at radius 1 is 1.45 bits per heavy atom. The number of carbonyl (C=O) groups excluding carboxylic acids is 2. The Kier molecular flexibility index (Phi) is 1.62. The van der Waals surface area contributed by atoms with Crippen LogP contribution in [0.2, 0.25) is 0 Å². The summed E-state index contributed by atoms with van der Waals surface area (Å²) in [5.74, 6) is -0.189. The molecule has 62 valence electrons. The van der Waals surface area contributed by atoms with Gasteiger partial charge in [-0.2, -0.15) is 0 Å². The Morgan fingerprint density at radius 2 is 2.00 bits per heavy atom. The summed E-state index contributed by atoms with van der Waals surface area (Å²) >= 11 is 0. The van der Waals surface area contributed by atoms with Gasteiger partial charge in [0.05, 0.1) is 6.42 Å². The molecule has 0 N–H and O–H groups in total. The smallest absolute Gasteiger partial charge is 0.416 e. The number of hydrogen-bond donors (Lipinski definition) is 0. The van der Waals surface area contributed by atoms with Gasteiger partial charge in [0.2, 0.25) is 5.91 Å². The predicted octanol–water partition coefficient (Wildman–Crippen LogP) is 0.764. The molecule has 1 aliphatic heterocycles. The second kappa shape index (κ2) is 2.22. The summed E-state index contributed by atoms with van der Waals surface area (Å²) in [7, 11) is 1.42. The van der Waals surface area contributed by atoms with Gasteiger partial charge in [-0.1, -0.05) is 0 Å². The van der Waals surface area contributed by atoms with Crippen molar-refractivity contribution in [3.8, 4) is 0 Å². The zero-order chi connectivity index (χ0) is 8.65. The number of imide groups is 1. The van der Waals surface area contributed by atoms with E-state index in [1.165, 1.54) is 7.05 Å². The van der Waals surface area contributed by atoms with Crippen molar-refractivity contribution in [3.05, 3.63) is 0 Å². The molecule has 1 saturated heterocycles. The summed E-state index contributed by atoms with van der Waals surface area (Å²) in [6.45, 7) is 3.44. The molecule has 0 aromatic carbocycles. The topological polar surface area (TPSA) is 46.6 Å². The highest BCUT2D eigenvalue weighted by Crippen LogP contribution is 2.21. The third kappa shape index (κ3) is 1.50. The molecule has 4 nitrogen and oxygen atoms in total. The summed E-state index contributed by atoms with van der Waals surface area (Å²) in [4.78, 5) is 22.9. The number of hydrogen-bond acceptors (Lipinski definition) is 3. The average molecular weight is 157 g/mol. The number of cyclic esters (lactones) is 1. The van der Waals surface area contributed by atoms with Crippen molar-refractivity contribution in [1.82, 2.24) is 4.90 Å². The van der Waals surface area contributed by atoms with Gasteiger partial charge in [-0.25, -0.2) is 4.79 Å². The van der Waals surface area contributed by atoms with Crippen LogP contribution in [0.1, 0.15) is 20.3 Å². The fourth-order valence-corrected chi connectivity index (χ4v) is 0.925. The first kappa shape index (κ1) is 8.04. The predicted molar refractivity (Wildman–Crippen MR) is 37.9 cm³/mol. The van der Waals surface area contributed by atoms with E-state index < -0.39 is 11.7 Å². The molecule has 1 heterocycles. The van der Waals surface area contributed by atoms with Gasteiger partial charge in [-0.3, -0.25) is 9.69 Å². The molecule has 0 unspecified atom stereocenters. The number of nitrogens with zero attached hydrogens (tertiary/aromatic N) is 1. The van der Waals surface area contributed by atoms with Crippen LogP contribution in [0, 0.1) is 0 Å². The molecular formula is C7H11NO3. The van der Waals surface area contributed by atoms with E-state index in [0.717, 1.165) is 4.90 Å². The third-order valence-corrected chi connectivity index (χ3v) is 1.59. The largest absolute Gasteiger partial charge is 0.443 e. The van der Waals surface area contributed by atoms with E-state index in [1.54, 1.807) is 13.8 Å². The maximum atomic E-state index is 11.0. The van der Waals surface area contributed by atoms with E-state index >= 15 is 0 Å². The summed E-state index contributed by atoms with van der Waals surface area (Å²) in [6.07, 6.45) is -0.304. The average Bonchev–Trinajstić information content (AvgIpc) is 1.81. The Bertz CT molecular complexity index is 190. The molecule has 0 aliphatic carbocycles. The highest BCUT2D eigenvalue weighted by Gasteiger charge is 2.36. The van der Waals surface area contributed by atoms with Gasteiger partial charge in [-0.15, -0.1) is 0 Å². The molecule has 4 heteroatoms. The van der Waals surface area contributed by atoms with E-state index in [4.69, 9.17) is 4.74 Å². The third-order valence-electron chi connectivity index (χ3n) is 1.59. The van der Waals surface area contributed by atoms with Crippen LogP contribution >= 0.6 is 0 Å². The molecule has 0 atom stereocenters. The van der Waals surface area contributed by atoms with E-state index in [-0.39, 0.29) is 12.3 Å². The Balaban J connectivity index is 2.78. The minimum absolute atomic E-state index is 0.189. The van der Waals surface area contributed by atoms with Crippen LogP contribution in [-0.4, -0.2) is 29.5 Å². The van der Waals surface area contributed by atoms with Crippen molar-refractivity contribution < 1.29 is 14.3 Å². The first-order valence-corrected chi connectivity index (χ1v) is 3.42. The molecule has 1 rings (SSSR count). The molecule has 2 amide bonds. The highest BCUT2D eigenvalue weighted by atomic mass is 16.6. The molecule has 1 aliphatic rings. The zero-order valence-electron chi connectivity index (χ0n) is 6.88. The van der Waals surface area contributed by atoms with Crippen molar-refractivity contribution >= 4 is 12.0 Å². The van der Waals surface area contributed by atoms with Gasteiger partial charge in [0.1, 0.15) is 5.60 Å². The lowest BCUT2D eigenvalue weighted by molar-refractivity contribution is -0.139. The van der Waals surface area contributed by atoms with Crippen LogP contribution in [-0.2, 0) is 9.53 Å². The number of carbonyl (C=O) groups is 2. The molecule has 0 radical (unpaired) electrons. The number of ether oxygens (including phenoxy) is 1. The minimum Gasteiger partial charge on any atom is -0.443 e. The first-order valence-electron chi connectivity index (χ1n) is 3.42. The molecule has 0 saturated carbocycles. The van der Waals surface area contributed by atoms with Gasteiger partial charge in [-0.05, 0) is 13.8 Å². The molecule has 0 aromatic rings. The summed E-state index contributed by atoms with van der Waals surface area (Å²) in [5.41, 5.74) is -0.638. The number of amides is 2. The summed E-state index contributed by atoms with van der Waals surface area (Å²) < 4.78 is 4.92. The lowest BCUT2D eigenvalue weighted by Crippen LogP contribution is -2.48. The Morgan fingerprint density at radius 3 is 2.45 bits per heavy atom. The Labute approximate surface area is 65.1 Å². The normalized spacial score (nSPS) is 23.4. The van der Waals surface area contributed by atoms with Crippen molar-refractivity contribution in [2.75, 3.05) is 7.05 Å². The van der Waals surface area contributed by atoms with E-state index in [1.807, 2.05) is 0 Å². The summed E-state index contributed by atoms with van der Waals surface area (Å²) in [5, 5.41) is 0. The van der Waals surface area contributed by atoms with Crippen LogP contribution in [0.15, 0.2) is 0 Å². The summed E-state index contributed by atoms with van der Waals surface area (Å²) in [6, 6.07) is 0. The van der Waals surface area contributed by atoms with Crippen LogP contribution in [0.5, 0.6) is 0 Å². The van der Waals surface area contributed by atoms with Crippen molar-refractivity contribution in [2.24, 2.45) is 0 Å². The maximum Gasteiger partial charge on any atom is 0.416 e. The SMILES string of the molecule is CN1C(=O)CC(C)(C)OC1=O. The highest BCUT2D eigenvalue weighted by molar-refractivity contribution is 5.94. The fraction of sp³-hybridized carbons (Fsp3) is 0.714. The lowest BCUT2D eigenvalue weighted by atomic mass is 10.0. The molecule has 1 fully saturated rings. The van der Waals surface area contributed by atoms with E-state index in [9.17, 15) is 9.59 Å². The number of rotatable bonds is 0. The second-order valence-electron chi connectivity index (χ2n) is 3.26. The van der Waals surface area contributed by atoms with E-state index in [2.05, 4.69) is 0 Å². The van der Waals surface area contributed by atoms with Crippen molar-refractivity contribution in [2.45, 2.75) is 25.9 Å². The quantitative estimate of drug-likeness (QED) is 0.521. The fourth-order valence-electron chi connectivity index (χ4n) is 0.925. The van der Waals surface area contributed by atoms with Crippen molar-refractivity contribution in [3.63, 3.8) is 0 Å². The van der Waals surface area contributed by atoms with Crippen molar-refractivity contribution in [1.29, 1.82) is 0 Å². The van der Waals surface area contributed by atoms with Gasteiger partial charge in [0.15, 0.2) is 0 Å².